The summed E-state index contributed by atoms with van der Waals surface area (Å²) < 4.78 is 0. The van der Waals surface area contributed by atoms with Crippen LogP contribution in [0.15, 0.2) is 24.3 Å². The molecular formula is C20H32N4O. The van der Waals surface area contributed by atoms with Crippen molar-refractivity contribution in [1.82, 2.24) is 15.1 Å². The number of carbonyl (C=O) groups excluding carboxylic acids is 1. The van der Waals surface area contributed by atoms with Crippen LogP contribution in [0.4, 0.5) is 5.69 Å². The average Bonchev–Trinajstić information content (AvgIpc) is 2.62. The number of carbonyl (C=O) groups is 1. The Morgan fingerprint density at radius 2 is 1.88 bits per heavy atom. The molecule has 0 spiro atoms. The molecule has 5 heteroatoms. The lowest BCUT2D eigenvalue weighted by atomic mass is 10.1. The molecule has 0 aromatic heterocycles. The van der Waals surface area contributed by atoms with Crippen molar-refractivity contribution < 1.29 is 4.79 Å². The molecule has 0 unspecified atom stereocenters. The van der Waals surface area contributed by atoms with Crippen LogP contribution >= 0.6 is 0 Å². The normalized spacial score (nSPS) is 22.5. The van der Waals surface area contributed by atoms with Crippen LogP contribution in [0, 0.1) is 6.92 Å². The van der Waals surface area contributed by atoms with E-state index in [1.807, 2.05) is 0 Å². The lowest BCUT2D eigenvalue weighted by Crippen LogP contribution is -2.56. The second-order valence-corrected chi connectivity index (χ2v) is 7.61. The van der Waals surface area contributed by atoms with E-state index in [1.54, 1.807) is 0 Å². The summed E-state index contributed by atoms with van der Waals surface area (Å²) in [6, 6.07) is 9.48. The highest BCUT2D eigenvalue weighted by molar-refractivity contribution is 5.79. The summed E-state index contributed by atoms with van der Waals surface area (Å²) >= 11 is 0. The Kier molecular flexibility index (Phi) is 5.97. The molecule has 1 atom stereocenters. The van der Waals surface area contributed by atoms with Gasteiger partial charge in [-0.1, -0.05) is 17.7 Å². The lowest BCUT2D eigenvalue weighted by Gasteiger charge is -2.42. The second kappa shape index (κ2) is 8.19. The number of anilines is 1. The largest absolute Gasteiger partial charge is 0.368 e. The van der Waals surface area contributed by atoms with Crippen molar-refractivity contribution in [2.45, 2.75) is 38.8 Å². The molecule has 138 valence electrons. The molecule has 25 heavy (non-hydrogen) atoms. The molecular weight excluding hydrogens is 312 g/mol. The molecule has 3 rings (SSSR count). The minimum absolute atomic E-state index is 0.254. The monoisotopic (exact) mass is 344 g/mol. The second-order valence-electron chi connectivity index (χ2n) is 7.61. The first-order chi connectivity index (χ1) is 12.0. The zero-order valence-corrected chi connectivity index (χ0v) is 15.9. The molecule has 0 saturated carbocycles. The maximum Gasteiger partial charge on any atom is 0.237 e. The number of rotatable bonds is 4. The Labute approximate surface area is 152 Å². The van der Waals surface area contributed by atoms with Gasteiger partial charge in [-0.05, 0) is 59.0 Å². The topological polar surface area (TPSA) is 38.8 Å². The molecule has 2 aliphatic rings. The van der Waals surface area contributed by atoms with Gasteiger partial charge in [0, 0.05) is 37.4 Å². The van der Waals surface area contributed by atoms with Crippen molar-refractivity contribution in [3.8, 4) is 0 Å². The van der Waals surface area contributed by atoms with Gasteiger partial charge in [0.2, 0.25) is 5.91 Å². The Morgan fingerprint density at radius 3 is 2.52 bits per heavy atom. The number of aryl methyl sites for hydroxylation is 1. The van der Waals surface area contributed by atoms with Gasteiger partial charge >= 0.3 is 0 Å². The van der Waals surface area contributed by atoms with E-state index in [1.165, 1.54) is 11.3 Å². The smallest absolute Gasteiger partial charge is 0.237 e. The highest BCUT2D eigenvalue weighted by atomic mass is 16.2. The average molecular weight is 345 g/mol. The van der Waals surface area contributed by atoms with E-state index < -0.39 is 0 Å². The van der Waals surface area contributed by atoms with Crippen LogP contribution in [0.3, 0.4) is 0 Å². The van der Waals surface area contributed by atoms with Crippen LogP contribution in [0.2, 0.25) is 0 Å². The van der Waals surface area contributed by atoms with E-state index in [4.69, 9.17) is 0 Å². The first kappa shape index (κ1) is 18.2. The number of amides is 1. The Hall–Kier alpha value is -1.59. The Morgan fingerprint density at radius 1 is 1.20 bits per heavy atom. The standard InChI is InChI=1S/C20H32N4O/c1-16-4-6-19(7-5-16)23-12-13-24(17(2)14-23)20(25)15-22(3)18-8-10-21-11-9-18/h4-7,17-18,21H,8-15H2,1-3H3/t17-/m1/s1. The molecule has 0 radical (unpaired) electrons. The van der Waals surface area contributed by atoms with Crippen LogP contribution in [-0.4, -0.2) is 74.1 Å². The minimum atomic E-state index is 0.254. The third-order valence-corrected chi connectivity index (χ3v) is 5.66. The van der Waals surface area contributed by atoms with E-state index in [0.29, 0.717) is 12.6 Å². The molecule has 2 fully saturated rings. The molecule has 1 N–H and O–H groups in total. The van der Waals surface area contributed by atoms with Gasteiger partial charge in [0.25, 0.3) is 0 Å². The van der Waals surface area contributed by atoms with Crippen LogP contribution in [0.1, 0.15) is 25.3 Å². The number of hydrogen-bond acceptors (Lipinski definition) is 4. The molecule has 1 aromatic rings. The Bertz CT molecular complexity index is 568. The van der Waals surface area contributed by atoms with Crippen molar-refractivity contribution in [1.29, 1.82) is 0 Å². The van der Waals surface area contributed by atoms with Gasteiger partial charge in [0.05, 0.1) is 6.54 Å². The van der Waals surface area contributed by atoms with Crippen molar-refractivity contribution >= 4 is 11.6 Å². The van der Waals surface area contributed by atoms with Gasteiger partial charge in [0.15, 0.2) is 0 Å². The van der Waals surface area contributed by atoms with Gasteiger partial charge in [-0.3, -0.25) is 9.69 Å². The van der Waals surface area contributed by atoms with E-state index in [-0.39, 0.29) is 11.9 Å². The number of hydrogen-bond donors (Lipinski definition) is 1. The van der Waals surface area contributed by atoms with Gasteiger partial charge in [0.1, 0.15) is 0 Å². The summed E-state index contributed by atoms with van der Waals surface area (Å²) in [4.78, 5) is 19.5. The number of benzene rings is 1. The maximum absolute atomic E-state index is 12.8. The fraction of sp³-hybridized carbons (Fsp3) is 0.650. The molecule has 0 aliphatic carbocycles. The molecule has 2 saturated heterocycles. The van der Waals surface area contributed by atoms with Crippen molar-refractivity contribution in [3.63, 3.8) is 0 Å². The van der Waals surface area contributed by atoms with Crippen molar-refractivity contribution in [2.24, 2.45) is 0 Å². The van der Waals surface area contributed by atoms with Crippen LogP contribution in [0.5, 0.6) is 0 Å². The molecule has 1 aromatic carbocycles. The molecule has 2 aliphatic heterocycles. The number of piperazine rings is 1. The summed E-state index contributed by atoms with van der Waals surface area (Å²) in [6.07, 6.45) is 2.28. The van der Waals surface area contributed by atoms with Gasteiger partial charge in [-0.25, -0.2) is 0 Å². The maximum atomic E-state index is 12.8. The zero-order chi connectivity index (χ0) is 17.8. The third kappa shape index (κ3) is 4.53. The van der Waals surface area contributed by atoms with Crippen LogP contribution in [-0.2, 0) is 4.79 Å². The van der Waals surface area contributed by atoms with Gasteiger partial charge < -0.3 is 15.1 Å². The molecule has 1 amide bonds. The van der Waals surface area contributed by atoms with Crippen LogP contribution < -0.4 is 10.2 Å². The first-order valence-corrected chi connectivity index (χ1v) is 9.56. The summed E-state index contributed by atoms with van der Waals surface area (Å²) in [5.74, 6) is 0.275. The number of piperidine rings is 1. The van der Waals surface area contributed by atoms with E-state index in [0.717, 1.165) is 45.6 Å². The zero-order valence-electron chi connectivity index (χ0n) is 15.9. The highest BCUT2D eigenvalue weighted by Gasteiger charge is 2.29. The van der Waals surface area contributed by atoms with Crippen molar-refractivity contribution in [2.75, 3.05) is 51.2 Å². The summed E-state index contributed by atoms with van der Waals surface area (Å²) in [5.41, 5.74) is 2.54. The quantitative estimate of drug-likeness (QED) is 0.903. The summed E-state index contributed by atoms with van der Waals surface area (Å²) in [7, 11) is 2.10. The fourth-order valence-electron chi connectivity index (χ4n) is 4.00. The fourth-order valence-corrected chi connectivity index (χ4v) is 4.00. The third-order valence-electron chi connectivity index (χ3n) is 5.66. The van der Waals surface area contributed by atoms with Gasteiger partial charge in [-0.2, -0.15) is 0 Å². The van der Waals surface area contributed by atoms with E-state index in [9.17, 15) is 4.79 Å². The highest BCUT2D eigenvalue weighted by Crippen LogP contribution is 2.20. The van der Waals surface area contributed by atoms with Crippen molar-refractivity contribution in [3.05, 3.63) is 29.8 Å². The number of nitrogens with zero attached hydrogens (tertiary/aromatic N) is 3. The number of likely N-dealkylation sites (N-methyl/N-ethyl adjacent to an activating group) is 1. The lowest BCUT2D eigenvalue weighted by molar-refractivity contribution is -0.135. The number of nitrogens with one attached hydrogen (secondary N) is 1. The predicted octanol–water partition coefficient (Wildman–Crippen LogP) is 1.72. The van der Waals surface area contributed by atoms with E-state index in [2.05, 4.69) is 65.2 Å². The minimum Gasteiger partial charge on any atom is -0.368 e. The predicted molar refractivity (Wildman–Crippen MR) is 103 cm³/mol. The SMILES string of the molecule is Cc1ccc(N2CCN(C(=O)CN(C)C3CCNCC3)[C@H](C)C2)cc1. The molecule has 0 bridgehead atoms. The molecule has 5 nitrogen and oxygen atoms in total. The van der Waals surface area contributed by atoms with Crippen LogP contribution in [0.25, 0.3) is 0 Å². The summed E-state index contributed by atoms with van der Waals surface area (Å²) in [6.45, 7) is 9.59. The summed E-state index contributed by atoms with van der Waals surface area (Å²) in [5, 5.41) is 3.39. The molecule has 2 heterocycles. The van der Waals surface area contributed by atoms with E-state index >= 15 is 0 Å². The Balaban J connectivity index is 1.53. The van der Waals surface area contributed by atoms with Gasteiger partial charge in [-0.15, -0.1) is 0 Å². The first-order valence-electron chi connectivity index (χ1n) is 9.56.